The number of hydrogen-bond donors (Lipinski definition) is 1. The molecular weight excluding hydrogens is 388 g/mol. The zero-order valence-corrected chi connectivity index (χ0v) is 19.9. The fraction of sp³-hybridized carbons (Fsp3) is 0.840. The number of aryl methyl sites for hydroxylation is 2. The summed E-state index contributed by atoms with van der Waals surface area (Å²) >= 11 is 0. The van der Waals surface area contributed by atoms with Gasteiger partial charge in [0.1, 0.15) is 0 Å². The van der Waals surface area contributed by atoms with E-state index >= 15 is 0 Å². The number of amides is 1. The molecule has 1 aromatic heterocycles. The molecule has 2 heterocycles. The third kappa shape index (κ3) is 3.84. The van der Waals surface area contributed by atoms with Crippen LogP contribution in [0.15, 0.2) is 0 Å². The van der Waals surface area contributed by atoms with Crippen molar-refractivity contribution < 1.29 is 9.53 Å². The first-order valence-electron chi connectivity index (χ1n) is 12.4. The summed E-state index contributed by atoms with van der Waals surface area (Å²) in [6.45, 7) is 10.9. The van der Waals surface area contributed by atoms with E-state index in [1.807, 2.05) is 0 Å². The molecule has 6 rings (SSSR count). The molecule has 1 N–H and O–H groups in total. The Morgan fingerprint density at radius 3 is 2.48 bits per heavy atom. The number of carbonyl (C=O) groups excluding carboxylic acids is 1. The van der Waals surface area contributed by atoms with Crippen LogP contribution in [0.5, 0.6) is 0 Å². The van der Waals surface area contributed by atoms with E-state index in [0.717, 1.165) is 44.7 Å². The van der Waals surface area contributed by atoms with Crippen molar-refractivity contribution >= 4 is 5.91 Å². The van der Waals surface area contributed by atoms with Crippen LogP contribution in [-0.2, 0) is 22.0 Å². The van der Waals surface area contributed by atoms with Crippen molar-refractivity contribution in [2.75, 3.05) is 32.8 Å². The van der Waals surface area contributed by atoms with Crippen molar-refractivity contribution in [3.05, 3.63) is 17.0 Å². The number of hydrogen-bond acceptors (Lipinski definition) is 4. The Kier molecular flexibility index (Phi) is 5.45. The van der Waals surface area contributed by atoms with Gasteiger partial charge in [0.2, 0.25) is 5.91 Å². The first-order valence-corrected chi connectivity index (χ1v) is 12.4. The number of aromatic nitrogens is 2. The van der Waals surface area contributed by atoms with E-state index in [2.05, 4.69) is 42.7 Å². The number of rotatable bonds is 6. The highest BCUT2D eigenvalue weighted by atomic mass is 16.5. The van der Waals surface area contributed by atoms with E-state index in [9.17, 15) is 4.79 Å². The molecule has 0 spiro atoms. The molecule has 5 aliphatic rings. The summed E-state index contributed by atoms with van der Waals surface area (Å²) in [5.74, 6) is 1.82. The minimum Gasteiger partial charge on any atom is -0.379 e. The molecule has 4 bridgehead atoms. The van der Waals surface area contributed by atoms with Crippen LogP contribution >= 0.6 is 0 Å². The molecule has 5 fully saturated rings. The maximum Gasteiger partial charge on any atom is 0.220 e. The molecule has 172 valence electrons. The molecular formula is C25H40N4O2. The fourth-order valence-electron chi connectivity index (χ4n) is 8.30. The van der Waals surface area contributed by atoms with Crippen LogP contribution in [0.1, 0.15) is 68.8 Å². The topological polar surface area (TPSA) is 59.4 Å². The van der Waals surface area contributed by atoms with Gasteiger partial charge in [-0.15, -0.1) is 0 Å². The van der Waals surface area contributed by atoms with Gasteiger partial charge in [-0.3, -0.25) is 14.4 Å². The molecule has 6 heteroatoms. The Morgan fingerprint density at radius 1 is 1.19 bits per heavy atom. The second kappa shape index (κ2) is 7.87. The van der Waals surface area contributed by atoms with E-state index in [-0.39, 0.29) is 16.7 Å². The van der Waals surface area contributed by atoms with Crippen molar-refractivity contribution in [3.63, 3.8) is 0 Å². The average Bonchev–Trinajstić information content (AvgIpc) is 2.97. The summed E-state index contributed by atoms with van der Waals surface area (Å²) in [6, 6.07) is 0.372. The molecule has 31 heavy (non-hydrogen) atoms. The Hall–Kier alpha value is -1.40. The van der Waals surface area contributed by atoms with Gasteiger partial charge < -0.3 is 10.1 Å². The van der Waals surface area contributed by atoms with Crippen LogP contribution in [0.2, 0.25) is 0 Å². The smallest absolute Gasteiger partial charge is 0.220 e. The Balaban J connectivity index is 1.29. The summed E-state index contributed by atoms with van der Waals surface area (Å²) in [5.41, 5.74) is 4.48. The highest BCUT2D eigenvalue weighted by Gasteiger charge is 2.59. The summed E-state index contributed by atoms with van der Waals surface area (Å²) in [4.78, 5) is 15.6. The molecule has 0 aromatic carbocycles. The first kappa shape index (κ1) is 21.4. The Morgan fingerprint density at radius 2 is 1.87 bits per heavy atom. The van der Waals surface area contributed by atoms with Gasteiger partial charge in [-0.2, -0.15) is 5.10 Å². The predicted molar refractivity (Wildman–Crippen MR) is 121 cm³/mol. The van der Waals surface area contributed by atoms with E-state index in [4.69, 9.17) is 9.84 Å². The average molecular weight is 429 g/mol. The van der Waals surface area contributed by atoms with Crippen molar-refractivity contribution in [1.82, 2.24) is 20.0 Å². The molecule has 4 saturated carbocycles. The van der Waals surface area contributed by atoms with Crippen LogP contribution in [0.4, 0.5) is 0 Å². The maximum absolute atomic E-state index is 13.1. The van der Waals surface area contributed by atoms with Crippen LogP contribution in [0.25, 0.3) is 0 Å². The third-order valence-corrected chi connectivity index (χ3v) is 9.02. The normalized spacial score (nSPS) is 36.0. The molecule has 3 unspecified atom stereocenters. The number of nitrogens with one attached hydrogen (secondary N) is 1. The lowest BCUT2D eigenvalue weighted by Gasteiger charge is -2.62. The molecule has 6 nitrogen and oxygen atoms in total. The molecule has 4 aliphatic carbocycles. The summed E-state index contributed by atoms with van der Waals surface area (Å²) in [6.07, 6.45) is 8.34. The van der Waals surface area contributed by atoms with Gasteiger partial charge in [-0.05, 0) is 76.5 Å². The molecule has 1 aliphatic heterocycles. The Bertz CT molecular complexity index is 827. The van der Waals surface area contributed by atoms with E-state index < -0.39 is 0 Å². The van der Waals surface area contributed by atoms with Crippen molar-refractivity contribution in [1.29, 1.82) is 0 Å². The summed E-state index contributed by atoms with van der Waals surface area (Å²) in [7, 11) is 2.07. The van der Waals surface area contributed by atoms with Gasteiger partial charge in [-0.1, -0.05) is 0 Å². The van der Waals surface area contributed by atoms with Crippen LogP contribution in [0.3, 0.4) is 0 Å². The predicted octanol–water partition coefficient (Wildman–Crippen LogP) is 3.10. The lowest BCUT2D eigenvalue weighted by molar-refractivity contribution is -0.131. The third-order valence-electron chi connectivity index (χ3n) is 9.02. The molecule has 3 atom stereocenters. The standard InChI is InChI=1S/C25H40N4O2/c1-17(29-5-7-31-8-6-29)15-26-22(30)14-24-10-20-9-21(11-24)13-25(12-20,16-24)23-18(2)27-28(4)19(23)3/h17,20-21H,5-16H2,1-4H3,(H,26,30). The number of nitrogens with zero attached hydrogens (tertiary/aromatic N) is 3. The molecule has 0 radical (unpaired) electrons. The summed E-state index contributed by atoms with van der Waals surface area (Å²) < 4.78 is 7.53. The highest BCUT2D eigenvalue weighted by molar-refractivity contribution is 5.77. The van der Waals surface area contributed by atoms with Gasteiger partial charge in [0.05, 0.1) is 18.9 Å². The lowest BCUT2D eigenvalue weighted by atomic mass is 9.42. The minimum absolute atomic E-state index is 0.186. The molecule has 1 aromatic rings. The van der Waals surface area contributed by atoms with Crippen molar-refractivity contribution in [2.45, 2.75) is 77.2 Å². The van der Waals surface area contributed by atoms with Crippen molar-refractivity contribution in [3.8, 4) is 0 Å². The van der Waals surface area contributed by atoms with E-state index in [1.54, 1.807) is 0 Å². The lowest BCUT2D eigenvalue weighted by Crippen LogP contribution is -2.55. The molecule has 1 amide bonds. The van der Waals surface area contributed by atoms with E-state index in [1.165, 1.54) is 55.5 Å². The van der Waals surface area contributed by atoms with Gasteiger partial charge >= 0.3 is 0 Å². The number of ether oxygens (including phenoxy) is 1. The maximum atomic E-state index is 13.1. The highest BCUT2D eigenvalue weighted by Crippen LogP contribution is 2.67. The van der Waals surface area contributed by atoms with Gasteiger partial charge in [-0.25, -0.2) is 0 Å². The van der Waals surface area contributed by atoms with Crippen LogP contribution in [-0.4, -0.2) is 59.5 Å². The second-order valence-corrected chi connectivity index (χ2v) is 11.4. The monoisotopic (exact) mass is 428 g/mol. The minimum atomic E-state index is 0.186. The van der Waals surface area contributed by atoms with Gasteiger partial charge in [0.15, 0.2) is 0 Å². The quantitative estimate of drug-likeness (QED) is 0.756. The second-order valence-electron chi connectivity index (χ2n) is 11.4. The fourth-order valence-corrected chi connectivity index (χ4v) is 8.30. The first-order chi connectivity index (χ1) is 14.8. The van der Waals surface area contributed by atoms with Crippen LogP contribution < -0.4 is 5.32 Å². The zero-order chi connectivity index (χ0) is 21.8. The molecule has 1 saturated heterocycles. The van der Waals surface area contributed by atoms with E-state index in [0.29, 0.717) is 12.5 Å². The van der Waals surface area contributed by atoms with Gasteiger partial charge in [0, 0.05) is 55.8 Å². The summed E-state index contributed by atoms with van der Waals surface area (Å²) in [5, 5.41) is 8.06. The van der Waals surface area contributed by atoms with Gasteiger partial charge in [0.25, 0.3) is 0 Å². The van der Waals surface area contributed by atoms with Crippen molar-refractivity contribution in [2.24, 2.45) is 24.3 Å². The Labute approximate surface area is 187 Å². The number of carbonyl (C=O) groups is 1. The largest absolute Gasteiger partial charge is 0.379 e. The SMILES string of the molecule is Cc1nn(C)c(C)c1C12CC3CC(CC(CC(=O)NCC(C)N4CCOCC4)(C3)C1)C2. The number of morpholine rings is 1. The zero-order valence-electron chi connectivity index (χ0n) is 19.9. The van der Waals surface area contributed by atoms with Crippen LogP contribution in [0, 0.1) is 31.1 Å².